The molecular weight excluding hydrogens is 345 g/mol. The molecule has 1 N–H and O–H groups in total. The Morgan fingerprint density at radius 1 is 1.25 bits per heavy atom. The van der Waals surface area contributed by atoms with Crippen LogP contribution in [0.1, 0.15) is 12.5 Å². The number of nitrogens with one attached hydrogen (secondary N) is 1. The first-order valence-electron chi connectivity index (χ1n) is 6.20. The number of rotatable bonds is 5. The number of halogens is 3. The molecule has 0 aromatic heterocycles. The zero-order valence-electron chi connectivity index (χ0n) is 10.9. The smallest absolute Gasteiger partial charge is 0.167 e. The Morgan fingerprint density at radius 3 is 2.70 bits per heavy atom. The van der Waals surface area contributed by atoms with Crippen LogP contribution in [0, 0.1) is 5.82 Å². The van der Waals surface area contributed by atoms with Crippen molar-refractivity contribution >= 4 is 33.2 Å². The number of hydrogen-bond donors (Lipinski definition) is 1. The number of hydrogen-bond acceptors (Lipinski definition) is 2. The molecule has 0 amide bonds. The van der Waals surface area contributed by atoms with Crippen molar-refractivity contribution in [1.82, 2.24) is 0 Å². The summed E-state index contributed by atoms with van der Waals surface area (Å²) >= 11 is 9.34. The van der Waals surface area contributed by atoms with Gasteiger partial charge in [-0.2, -0.15) is 0 Å². The second-order valence-electron chi connectivity index (χ2n) is 4.17. The van der Waals surface area contributed by atoms with Gasteiger partial charge >= 0.3 is 0 Å². The van der Waals surface area contributed by atoms with E-state index >= 15 is 0 Å². The van der Waals surface area contributed by atoms with E-state index in [0.717, 1.165) is 10.0 Å². The Morgan fingerprint density at radius 2 is 2.05 bits per heavy atom. The third kappa shape index (κ3) is 3.87. The SMILES string of the molecule is CCOc1ccc(NCc2ccc(Cl)cc2Br)cc1F. The van der Waals surface area contributed by atoms with Gasteiger partial charge in [0.05, 0.1) is 6.61 Å². The molecule has 0 aliphatic rings. The van der Waals surface area contributed by atoms with Crippen molar-refractivity contribution in [1.29, 1.82) is 0 Å². The topological polar surface area (TPSA) is 21.3 Å². The van der Waals surface area contributed by atoms with Crippen LogP contribution in [-0.4, -0.2) is 6.61 Å². The lowest BCUT2D eigenvalue weighted by atomic mass is 10.2. The fraction of sp³-hybridized carbons (Fsp3) is 0.200. The highest BCUT2D eigenvalue weighted by Gasteiger charge is 2.05. The average Bonchev–Trinajstić information content (AvgIpc) is 2.41. The van der Waals surface area contributed by atoms with Gasteiger partial charge in [0.25, 0.3) is 0 Å². The summed E-state index contributed by atoms with van der Waals surface area (Å²) in [7, 11) is 0. The summed E-state index contributed by atoms with van der Waals surface area (Å²) < 4.78 is 19.8. The van der Waals surface area contributed by atoms with Crippen LogP contribution >= 0.6 is 27.5 Å². The van der Waals surface area contributed by atoms with Crippen molar-refractivity contribution in [3.63, 3.8) is 0 Å². The molecule has 0 spiro atoms. The van der Waals surface area contributed by atoms with E-state index < -0.39 is 0 Å². The van der Waals surface area contributed by atoms with E-state index in [-0.39, 0.29) is 11.6 Å². The largest absolute Gasteiger partial charge is 0.491 e. The molecule has 0 unspecified atom stereocenters. The number of benzene rings is 2. The molecule has 0 atom stereocenters. The normalized spacial score (nSPS) is 10.4. The van der Waals surface area contributed by atoms with Gasteiger partial charge in [0.15, 0.2) is 11.6 Å². The Labute approximate surface area is 131 Å². The predicted molar refractivity (Wildman–Crippen MR) is 84.0 cm³/mol. The summed E-state index contributed by atoms with van der Waals surface area (Å²) in [5, 5.41) is 3.84. The Bertz CT molecular complexity index is 606. The van der Waals surface area contributed by atoms with E-state index in [0.29, 0.717) is 23.9 Å². The van der Waals surface area contributed by atoms with Crippen LogP contribution in [0.2, 0.25) is 5.02 Å². The zero-order valence-corrected chi connectivity index (χ0v) is 13.3. The van der Waals surface area contributed by atoms with Crippen LogP contribution in [0.5, 0.6) is 5.75 Å². The van der Waals surface area contributed by atoms with Crippen LogP contribution < -0.4 is 10.1 Å². The summed E-state index contributed by atoms with van der Waals surface area (Å²) in [6, 6.07) is 10.4. The van der Waals surface area contributed by atoms with E-state index in [4.69, 9.17) is 16.3 Å². The predicted octanol–water partition coefficient (Wildman–Crippen LogP) is 5.25. The minimum Gasteiger partial charge on any atom is -0.491 e. The van der Waals surface area contributed by atoms with Gasteiger partial charge < -0.3 is 10.1 Å². The zero-order chi connectivity index (χ0) is 14.5. The van der Waals surface area contributed by atoms with E-state index in [1.165, 1.54) is 6.07 Å². The molecule has 0 saturated carbocycles. The van der Waals surface area contributed by atoms with Crippen molar-refractivity contribution in [2.45, 2.75) is 13.5 Å². The summed E-state index contributed by atoms with van der Waals surface area (Å²) in [6.07, 6.45) is 0. The Kier molecular flexibility index (Phi) is 5.26. The molecule has 0 radical (unpaired) electrons. The molecule has 0 bridgehead atoms. The van der Waals surface area contributed by atoms with Gasteiger partial charge in [-0.1, -0.05) is 33.6 Å². The van der Waals surface area contributed by atoms with E-state index in [1.54, 1.807) is 12.1 Å². The van der Waals surface area contributed by atoms with Gasteiger partial charge in [-0.15, -0.1) is 0 Å². The highest BCUT2D eigenvalue weighted by molar-refractivity contribution is 9.10. The quantitative estimate of drug-likeness (QED) is 0.788. The van der Waals surface area contributed by atoms with Gasteiger partial charge in [0.2, 0.25) is 0 Å². The first kappa shape index (κ1) is 15.1. The molecule has 20 heavy (non-hydrogen) atoms. The third-order valence-corrected chi connectivity index (χ3v) is 3.70. The minimum absolute atomic E-state index is 0.269. The molecule has 2 aromatic carbocycles. The van der Waals surface area contributed by atoms with Crippen LogP contribution in [0.25, 0.3) is 0 Å². The van der Waals surface area contributed by atoms with Gasteiger partial charge in [-0.3, -0.25) is 0 Å². The molecule has 2 aromatic rings. The number of anilines is 1. The first-order chi connectivity index (χ1) is 9.60. The molecule has 2 nitrogen and oxygen atoms in total. The van der Waals surface area contributed by atoms with Crippen molar-refractivity contribution < 1.29 is 9.13 Å². The van der Waals surface area contributed by atoms with Crippen molar-refractivity contribution in [2.75, 3.05) is 11.9 Å². The lowest BCUT2D eigenvalue weighted by molar-refractivity contribution is 0.321. The number of ether oxygens (including phenoxy) is 1. The molecule has 0 aliphatic heterocycles. The standard InChI is InChI=1S/C15H14BrClFNO/c1-2-20-15-6-5-12(8-14(15)18)19-9-10-3-4-11(17)7-13(10)16/h3-8,19H,2,9H2,1H3. The van der Waals surface area contributed by atoms with Gasteiger partial charge in [0.1, 0.15) is 0 Å². The fourth-order valence-electron chi connectivity index (χ4n) is 1.75. The van der Waals surface area contributed by atoms with Crippen molar-refractivity contribution in [2.24, 2.45) is 0 Å². The Balaban J connectivity index is 2.05. The van der Waals surface area contributed by atoms with Gasteiger partial charge in [0, 0.05) is 27.8 Å². The van der Waals surface area contributed by atoms with Crippen LogP contribution in [0.15, 0.2) is 40.9 Å². The first-order valence-corrected chi connectivity index (χ1v) is 7.37. The second-order valence-corrected chi connectivity index (χ2v) is 5.46. The maximum atomic E-state index is 13.7. The van der Waals surface area contributed by atoms with Crippen LogP contribution in [-0.2, 0) is 6.54 Å². The molecule has 0 fully saturated rings. The lowest BCUT2D eigenvalue weighted by Gasteiger charge is -2.10. The van der Waals surface area contributed by atoms with Crippen molar-refractivity contribution in [3.8, 4) is 5.75 Å². The van der Waals surface area contributed by atoms with Gasteiger partial charge in [-0.25, -0.2) is 4.39 Å². The molecule has 106 valence electrons. The average molecular weight is 359 g/mol. The second kappa shape index (κ2) is 6.95. The highest BCUT2D eigenvalue weighted by atomic mass is 79.9. The summed E-state index contributed by atoms with van der Waals surface area (Å²) in [5.74, 6) is -0.0993. The fourth-order valence-corrected chi connectivity index (χ4v) is 2.57. The molecule has 0 aliphatic carbocycles. The van der Waals surface area contributed by atoms with E-state index in [1.807, 2.05) is 25.1 Å². The summed E-state index contributed by atoms with van der Waals surface area (Å²) in [5.41, 5.74) is 1.75. The lowest BCUT2D eigenvalue weighted by Crippen LogP contribution is -2.01. The maximum Gasteiger partial charge on any atom is 0.167 e. The monoisotopic (exact) mass is 357 g/mol. The molecule has 2 rings (SSSR count). The molecule has 5 heteroatoms. The molecular formula is C15H14BrClFNO. The minimum atomic E-state index is -0.368. The summed E-state index contributed by atoms with van der Waals surface area (Å²) in [6.45, 7) is 2.84. The van der Waals surface area contributed by atoms with Gasteiger partial charge in [-0.05, 0) is 36.8 Å². The molecule has 0 heterocycles. The van der Waals surface area contributed by atoms with E-state index in [9.17, 15) is 4.39 Å². The van der Waals surface area contributed by atoms with Crippen molar-refractivity contribution in [3.05, 3.63) is 57.3 Å². The van der Waals surface area contributed by atoms with E-state index in [2.05, 4.69) is 21.2 Å². The Hall–Kier alpha value is -1.26. The van der Waals surface area contributed by atoms with Crippen LogP contribution in [0.3, 0.4) is 0 Å². The highest BCUT2D eigenvalue weighted by Crippen LogP contribution is 2.24. The molecule has 0 saturated heterocycles. The maximum absolute atomic E-state index is 13.7. The third-order valence-electron chi connectivity index (χ3n) is 2.73. The van der Waals surface area contributed by atoms with Crippen LogP contribution in [0.4, 0.5) is 10.1 Å². The summed E-state index contributed by atoms with van der Waals surface area (Å²) in [4.78, 5) is 0.